The van der Waals surface area contributed by atoms with Crippen LogP contribution in [0.1, 0.15) is 29.5 Å². The van der Waals surface area contributed by atoms with Gasteiger partial charge in [0.2, 0.25) is 0 Å². The van der Waals surface area contributed by atoms with Crippen molar-refractivity contribution in [3.63, 3.8) is 0 Å². The lowest BCUT2D eigenvalue weighted by Crippen LogP contribution is -1.95. The molecule has 0 aliphatic carbocycles. The zero-order valence-corrected chi connectivity index (χ0v) is 7.91. The van der Waals surface area contributed by atoms with Crippen molar-refractivity contribution < 1.29 is 5.11 Å². The predicted molar refractivity (Wildman–Crippen MR) is 51.1 cm³/mol. The molecule has 1 aromatic carbocycles. The van der Waals surface area contributed by atoms with Crippen LogP contribution in [0.2, 0.25) is 0 Å². The van der Waals surface area contributed by atoms with Crippen molar-refractivity contribution in [1.82, 2.24) is 0 Å². The van der Waals surface area contributed by atoms with Gasteiger partial charge in [0, 0.05) is 0 Å². The molecule has 0 fully saturated rings. The minimum Gasteiger partial charge on any atom is -0.392 e. The van der Waals surface area contributed by atoms with Crippen molar-refractivity contribution in [3.8, 4) is 6.07 Å². The van der Waals surface area contributed by atoms with Gasteiger partial charge in [-0.2, -0.15) is 5.26 Å². The summed E-state index contributed by atoms with van der Waals surface area (Å²) in [5.74, 6) is -0.105. The molecule has 1 rings (SSSR count). The Labute approximate surface area is 78.4 Å². The Hall–Kier alpha value is -1.33. The third kappa shape index (κ3) is 2.07. The Bertz CT molecular complexity index is 338. The van der Waals surface area contributed by atoms with E-state index in [0.717, 1.165) is 16.7 Å². The van der Waals surface area contributed by atoms with Gasteiger partial charge in [-0.15, -0.1) is 0 Å². The maximum atomic E-state index is 8.92. The molecule has 0 saturated heterocycles. The van der Waals surface area contributed by atoms with Crippen molar-refractivity contribution in [2.24, 2.45) is 0 Å². The second kappa shape index (κ2) is 4.06. The highest BCUT2D eigenvalue weighted by Crippen LogP contribution is 2.20. The fraction of sp³-hybridized carbons (Fsp3) is 0.364. The van der Waals surface area contributed by atoms with Crippen molar-refractivity contribution >= 4 is 0 Å². The molecule has 2 heteroatoms. The van der Waals surface area contributed by atoms with Crippen LogP contribution < -0.4 is 0 Å². The summed E-state index contributed by atoms with van der Waals surface area (Å²) in [4.78, 5) is 0. The Morgan fingerprint density at radius 2 is 2.23 bits per heavy atom. The number of aryl methyl sites for hydroxylation is 1. The summed E-state index contributed by atoms with van der Waals surface area (Å²) in [6, 6.07) is 7.90. The number of hydrogen-bond acceptors (Lipinski definition) is 2. The third-order valence-corrected chi connectivity index (χ3v) is 2.19. The second-order valence-corrected chi connectivity index (χ2v) is 3.20. The van der Waals surface area contributed by atoms with Crippen LogP contribution in [0.3, 0.4) is 0 Å². The number of nitriles is 1. The third-order valence-electron chi connectivity index (χ3n) is 2.19. The van der Waals surface area contributed by atoms with Gasteiger partial charge in [-0.1, -0.05) is 18.2 Å². The zero-order valence-electron chi connectivity index (χ0n) is 7.91. The van der Waals surface area contributed by atoms with Crippen molar-refractivity contribution in [2.75, 3.05) is 0 Å². The monoisotopic (exact) mass is 175 g/mol. The first-order chi connectivity index (χ1) is 6.19. The van der Waals surface area contributed by atoms with Crippen LogP contribution in [0.15, 0.2) is 18.2 Å². The zero-order chi connectivity index (χ0) is 9.84. The van der Waals surface area contributed by atoms with E-state index in [1.54, 1.807) is 0 Å². The van der Waals surface area contributed by atoms with Gasteiger partial charge in [-0.25, -0.2) is 0 Å². The van der Waals surface area contributed by atoms with Crippen LogP contribution >= 0.6 is 0 Å². The molecule has 0 radical (unpaired) electrons. The van der Waals surface area contributed by atoms with E-state index in [1.165, 1.54) is 0 Å². The lowest BCUT2D eigenvalue weighted by molar-refractivity contribution is 0.281. The summed E-state index contributed by atoms with van der Waals surface area (Å²) in [7, 11) is 0. The molecule has 2 nitrogen and oxygen atoms in total. The second-order valence-electron chi connectivity index (χ2n) is 3.20. The van der Waals surface area contributed by atoms with Gasteiger partial charge >= 0.3 is 0 Å². The molecule has 13 heavy (non-hydrogen) atoms. The standard InChI is InChI=1S/C11H13NO/c1-8-3-4-10(7-13)5-11(8)9(2)6-12/h3-5,9,13H,7H2,1-2H3. The number of hydrogen-bond donors (Lipinski definition) is 1. The predicted octanol–water partition coefficient (Wildman–Crippen LogP) is 2.11. The van der Waals surface area contributed by atoms with Crippen molar-refractivity contribution in [3.05, 3.63) is 34.9 Å². The van der Waals surface area contributed by atoms with Crippen molar-refractivity contribution in [1.29, 1.82) is 5.26 Å². The van der Waals surface area contributed by atoms with E-state index in [-0.39, 0.29) is 12.5 Å². The molecular formula is C11H13NO. The van der Waals surface area contributed by atoms with Gasteiger partial charge in [0.15, 0.2) is 0 Å². The summed E-state index contributed by atoms with van der Waals surface area (Å²) < 4.78 is 0. The van der Waals surface area contributed by atoms with E-state index < -0.39 is 0 Å². The van der Waals surface area contributed by atoms with Crippen LogP contribution in [0.5, 0.6) is 0 Å². The number of aliphatic hydroxyl groups excluding tert-OH is 1. The van der Waals surface area contributed by atoms with E-state index in [0.29, 0.717) is 0 Å². The van der Waals surface area contributed by atoms with Gasteiger partial charge in [0.05, 0.1) is 18.6 Å². The average Bonchev–Trinajstić information content (AvgIpc) is 2.17. The molecule has 1 N–H and O–H groups in total. The quantitative estimate of drug-likeness (QED) is 0.748. The lowest BCUT2D eigenvalue weighted by Gasteiger charge is -2.08. The Morgan fingerprint density at radius 1 is 1.54 bits per heavy atom. The van der Waals surface area contributed by atoms with E-state index in [2.05, 4.69) is 6.07 Å². The van der Waals surface area contributed by atoms with E-state index in [9.17, 15) is 0 Å². The molecule has 0 saturated carbocycles. The maximum absolute atomic E-state index is 8.92. The first kappa shape index (κ1) is 9.76. The van der Waals surface area contributed by atoms with Gasteiger partial charge in [0.25, 0.3) is 0 Å². The number of benzene rings is 1. The van der Waals surface area contributed by atoms with Gasteiger partial charge in [0.1, 0.15) is 0 Å². The first-order valence-electron chi connectivity index (χ1n) is 4.29. The number of rotatable bonds is 2. The van der Waals surface area contributed by atoms with E-state index in [1.807, 2.05) is 32.0 Å². The summed E-state index contributed by atoms with van der Waals surface area (Å²) in [6.07, 6.45) is 0. The van der Waals surface area contributed by atoms with Gasteiger partial charge in [-0.3, -0.25) is 0 Å². The molecule has 0 aromatic heterocycles. The van der Waals surface area contributed by atoms with Crippen LogP contribution in [0.25, 0.3) is 0 Å². The minimum absolute atomic E-state index is 0.0332. The number of nitrogens with zero attached hydrogens (tertiary/aromatic N) is 1. The SMILES string of the molecule is Cc1ccc(CO)cc1C(C)C#N. The highest BCUT2D eigenvalue weighted by Gasteiger charge is 2.07. The van der Waals surface area contributed by atoms with E-state index in [4.69, 9.17) is 10.4 Å². The van der Waals surface area contributed by atoms with Crippen LogP contribution in [-0.4, -0.2) is 5.11 Å². The Balaban J connectivity index is 3.12. The minimum atomic E-state index is -0.105. The molecule has 0 heterocycles. The Kier molecular flexibility index (Phi) is 3.05. The summed E-state index contributed by atoms with van der Waals surface area (Å²) in [6.45, 7) is 3.87. The van der Waals surface area contributed by atoms with Crippen molar-refractivity contribution in [2.45, 2.75) is 26.4 Å². The molecule has 1 unspecified atom stereocenters. The highest BCUT2D eigenvalue weighted by atomic mass is 16.3. The molecule has 1 aromatic rings. The molecule has 0 amide bonds. The van der Waals surface area contributed by atoms with Crippen LogP contribution in [-0.2, 0) is 6.61 Å². The van der Waals surface area contributed by atoms with E-state index >= 15 is 0 Å². The summed E-state index contributed by atoms with van der Waals surface area (Å²) >= 11 is 0. The first-order valence-corrected chi connectivity index (χ1v) is 4.29. The summed E-state index contributed by atoms with van der Waals surface area (Å²) in [5.41, 5.74) is 2.98. The molecule has 0 bridgehead atoms. The molecular weight excluding hydrogens is 162 g/mol. The molecule has 0 spiro atoms. The van der Waals surface area contributed by atoms with Crippen LogP contribution in [0.4, 0.5) is 0 Å². The Morgan fingerprint density at radius 3 is 2.77 bits per heavy atom. The molecule has 0 aliphatic heterocycles. The topological polar surface area (TPSA) is 44.0 Å². The van der Waals surface area contributed by atoms with Gasteiger partial charge < -0.3 is 5.11 Å². The largest absolute Gasteiger partial charge is 0.392 e. The lowest BCUT2D eigenvalue weighted by atomic mass is 9.96. The fourth-order valence-electron chi connectivity index (χ4n) is 1.32. The molecule has 68 valence electrons. The van der Waals surface area contributed by atoms with Gasteiger partial charge in [-0.05, 0) is 30.5 Å². The fourth-order valence-corrected chi connectivity index (χ4v) is 1.32. The molecule has 1 atom stereocenters. The smallest absolute Gasteiger partial charge is 0.0701 e. The number of aliphatic hydroxyl groups is 1. The maximum Gasteiger partial charge on any atom is 0.0701 e. The highest BCUT2D eigenvalue weighted by molar-refractivity contribution is 5.35. The normalized spacial score (nSPS) is 12.2. The average molecular weight is 175 g/mol. The van der Waals surface area contributed by atoms with Crippen LogP contribution in [0, 0.1) is 18.3 Å². The molecule has 0 aliphatic rings. The summed E-state index contributed by atoms with van der Waals surface area (Å²) in [5, 5.41) is 17.7.